The lowest BCUT2D eigenvalue weighted by atomic mass is 9.97. The van der Waals surface area contributed by atoms with Crippen molar-refractivity contribution >= 4 is 17.3 Å². The normalized spacial score (nSPS) is 13.3. The molecule has 2 aromatic rings. The number of rotatable bonds is 5. The van der Waals surface area contributed by atoms with Crippen molar-refractivity contribution in [3.8, 4) is 5.75 Å². The SMILES string of the molecule is COC1=CC(=O)c2c(c(C)c(COc3ccc([N+](=O)[O-])cc3)n2C)C1=O. The van der Waals surface area contributed by atoms with Gasteiger partial charge in [0.25, 0.3) is 5.69 Å². The first-order valence-electron chi connectivity index (χ1n) is 7.75. The molecule has 134 valence electrons. The van der Waals surface area contributed by atoms with E-state index in [4.69, 9.17) is 9.47 Å². The van der Waals surface area contributed by atoms with Gasteiger partial charge in [-0.15, -0.1) is 0 Å². The van der Waals surface area contributed by atoms with E-state index in [1.807, 2.05) is 0 Å². The molecule has 0 spiro atoms. The van der Waals surface area contributed by atoms with Gasteiger partial charge in [0.05, 0.1) is 23.3 Å². The van der Waals surface area contributed by atoms with Gasteiger partial charge in [-0.05, 0) is 24.6 Å². The average molecular weight is 356 g/mol. The van der Waals surface area contributed by atoms with Crippen LogP contribution in [0.5, 0.6) is 5.75 Å². The number of hydrogen-bond donors (Lipinski definition) is 0. The molecule has 1 aromatic carbocycles. The van der Waals surface area contributed by atoms with Gasteiger partial charge in [-0.25, -0.2) is 0 Å². The second kappa shape index (κ2) is 6.47. The predicted octanol–water partition coefficient (Wildman–Crippen LogP) is 2.73. The largest absolute Gasteiger partial charge is 0.492 e. The Bertz CT molecular complexity index is 953. The van der Waals surface area contributed by atoms with Crippen molar-refractivity contribution < 1.29 is 24.0 Å². The molecule has 1 aromatic heterocycles. The number of Topliss-reactive ketones (excluding diaryl/α,β-unsaturated/α-hetero) is 1. The van der Waals surface area contributed by atoms with Gasteiger partial charge in [0.1, 0.15) is 18.1 Å². The van der Waals surface area contributed by atoms with Crippen molar-refractivity contribution in [1.29, 1.82) is 0 Å². The van der Waals surface area contributed by atoms with Crippen LogP contribution in [0.2, 0.25) is 0 Å². The van der Waals surface area contributed by atoms with E-state index in [1.54, 1.807) is 18.5 Å². The molecule has 0 saturated heterocycles. The molecule has 1 aliphatic carbocycles. The summed E-state index contributed by atoms with van der Waals surface area (Å²) < 4.78 is 12.3. The Morgan fingerprint density at radius 2 is 1.85 bits per heavy atom. The average Bonchev–Trinajstić information content (AvgIpc) is 2.88. The summed E-state index contributed by atoms with van der Waals surface area (Å²) in [6.45, 7) is 1.85. The van der Waals surface area contributed by atoms with Crippen molar-refractivity contribution in [2.75, 3.05) is 7.11 Å². The summed E-state index contributed by atoms with van der Waals surface area (Å²) in [5.41, 5.74) is 1.90. The molecule has 0 N–H and O–H groups in total. The minimum atomic E-state index is -0.489. The lowest BCUT2D eigenvalue weighted by molar-refractivity contribution is -0.384. The molecule has 0 amide bonds. The molecule has 0 atom stereocenters. The van der Waals surface area contributed by atoms with Crippen molar-refractivity contribution in [3.05, 3.63) is 68.7 Å². The molecule has 8 heteroatoms. The van der Waals surface area contributed by atoms with Crippen LogP contribution in [-0.2, 0) is 18.4 Å². The van der Waals surface area contributed by atoms with E-state index in [0.29, 0.717) is 28.3 Å². The Morgan fingerprint density at radius 1 is 1.19 bits per heavy atom. The lowest BCUT2D eigenvalue weighted by Gasteiger charge is -2.12. The Labute approximate surface area is 148 Å². The predicted molar refractivity (Wildman–Crippen MR) is 91.3 cm³/mol. The number of ketones is 2. The summed E-state index contributed by atoms with van der Waals surface area (Å²) in [6, 6.07) is 5.69. The van der Waals surface area contributed by atoms with Crippen molar-refractivity contribution in [1.82, 2.24) is 4.57 Å². The monoisotopic (exact) mass is 356 g/mol. The standard InChI is InChI=1S/C18H16N2O6/c1-10-13(9-26-12-6-4-11(5-7-12)20(23)24)19(2)17-14(21)8-15(25-3)18(22)16(10)17/h4-8H,9H2,1-3H3. The Hall–Kier alpha value is -3.42. The lowest BCUT2D eigenvalue weighted by Crippen LogP contribution is -2.19. The molecule has 8 nitrogen and oxygen atoms in total. The van der Waals surface area contributed by atoms with Crippen LogP contribution in [0.1, 0.15) is 32.1 Å². The number of ether oxygens (including phenoxy) is 2. The summed E-state index contributed by atoms with van der Waals surface area (Å²) in [5, 5.41) is 10.7. The number of non-ortho nitro benzene ring substituents is 1. The van der Waals surface area contributed by atoms with E-state index < -0.39 is 4.92 Å². The second-order valence-corrected chi connectivity index (χ2v) is 5.80. The summed E-state index contributed by atoms with van der Waals surface area (Å²) >= 11 is 0. The van der Waals surface area contributed by atoms with E-state index >= 15 is 0 Å². The van der Waals surface area contributed by atoms with Crippen LogP contribution in [0.15, 0.2) is 36.1 Å². The minimum Gasteiger partial charge on any atom is -0.492 e. The Morgan fingerprint density at radius 3 is 2.42 bits per heavy atom. The number of carbonyl (C=O) groups is 2. The number of carbonyl (C=O) groups excluding carboxylic acids is 2. The quantitative estimate of drug-likeness (QED) is 0.603. The third-order valence-electron chi connectivity index (χ3n) is 4.37. The summed E-state index contributed by atoms with van der Waals surface area (Å²) in [4.78, 5) is 35.0. The van der Waals surface area contributed by atoms with Crippen LogP contribution in [0.4, 0.5) is 5.69 Å². The fraction of sp³-hybridized carbons (Fsp3) is 0.222. The number of benzene rings is 1. The van der Waals surface area contributed by atoms with Crippen LogP contribution in [0, 0.1) is 17.0 Å². The molecule has 26 heavy (non-hydrogen) atoms. The molecule has 3 rings (SSSR count). The molecule has 0 unspecified atom stereocenters. The first-order chi connectivity index (χ1) is 12.3. The van der Waals surface area contributed by atoms with Crippen molar-refractivity contribution in [2.24, 2.45) is 7.05 Å². The number of allylic oxidation sites excluding steroid dienone is 2. The summed E-state index contributed by atoms with van der Waals surface area (Å²) in [5.74, 6) is -0.179. The van der Waals surface area contributed by atoms with Crippen LogP contribution in [-0.4, -0.2) is 28.2 Å². The first-order valence-corrected chi connectivity index (χ1v) is 7.75. The van der Waals surface area contributed by atoms with Gasteiger partial charge < -0.3 is 14.0 Å². The number of fused-ring (bicyclic) bond motifs is 1. The van der Waals surface area contributed by atoms with Gasteiger partial charge in [0, 0.05) is 25.3 Å². The zero-order valence-electron chi connectivity index (χ0n) is 14.4. The molecule has 0 aliphatic heterocycles. The van der Waals surface area contributed by atoms with E-state index in [9.17, 15) is 19.7 Å². The smallest absolute Gasteiger partial charge is 0.269 e. The summed E-state index contributed by atoms with van der Waals surface area (Å²) in [7, 11) is 3.04. The molecular formula is C18H16N2O6. The highest BCUT2D eigenvalue weighted by Crippen LogP contribution is 2.30. The number of nitrogens with zero attached hydrogens (tertiary/aromatic N) is 2. The van der Waals surface area contributed by atoms with E-state index in [1.165, 1.54) is 37.5 Å². The highest BCUT2D eigenvalue weighted by atomic mass is 16.6. The number of aromatic nitrogens is 1. The number of methoxy groups -OCH3 is 1. The third kappa shape index (κ3) is 2.75. The van der Waals surface area contributed by atoms with Gasteiger partial charge in [-0.3, -0.25) is 19.7 Å². The molecule has 1 heterocycles. The zero-order chi connectivity index (χ0) is 19.0. The van der Waals surface area contributed by atoms with E-state index in [-0.39, 0.29) is 29.6 Å². The maximum absolute atomic E-state index is 12.5. The fourth-order valence-corrected chi connectivity index (χ4v) is 2.99. The fourth-order valence-electron chi connectivity index (χ4n) is 2.99. The van der Waals surface area contributed by atoms with Gasteiger partial charge in [0.2, 0.25) is 11.6 Å². The van der Waals surface area contributed by atoms with Gasteiger partial charge in [-0.2, -0.15) is 0 Å². The molecule has 1 aliphatic rings. The molecule has 0 bridgehead atoms. The Balaban J connectivity index is 1.89. The third-order valence-corrected chi connectivity index (χ3v) is 4.37. The van der Waals surface area contributed by atoms with Gasteiger partial charge in [0.15, 0.2) is 5.76 Å². The van der Waals surface area contributed by atoms with Crippen molar-refractivity contribution in [2.45, 2.75) is 13.5 Å². The highest BCUT2D eigenvalue weighted by molar-refractivity contribution is 6.24. The second-order valence-electron chi connectivity index (χ2n) is 5.80. The molecule has 0 radical (unpaired) electrons. The van der Waals surface area contributed by atoms with Crippen LogP contribution < -0.4 is 4.74 Å². The zero-order valence-corrected chi connectivity index (χ0v) is 14.4. The molecular weight excluding hydrogens is 340 g/mol. The Kier molecular flexibility index (Phi) is 4.33. The summed E-state index contributed by atoms with van der Waals surface area (Å²) in [6.07, 6.45) is 1.19. The van der Waals surface area contributed by atoms with Crippen molar-refractivity contribution in [3.63, 3.8) is 0 Å². The van der Waals surface area contributed by atoms with Gasteiger partial charge in [-0.1, -0.05) is 0 Å². The van der Waals surface area contributed by atoms with E-state index in [0.717, 1.165) is 0 Å². The number of hydrogen-bond acceptors (Lipinski definition) is 6. The van der Waals surface area contributed by atoms with Crippen LogP contribution in [0.25, 0.3) is 0 Å². The van der Waals surface area contributed by atoms with Gasteiger partial charge >= 0.3 is 0 Å². The van der Waals surface area contributed by atoms with Crippen LogP contribution >= 0.6 is 0 Å². The molecule has 0 saturated carbocycles. The maximum atomic E-state index is 12.5. The maximum Gasteiger partial charge on any atom is 0.269 e. The number of nitro groups is 1. The number of nitro benzene ring substituents is 1. The van der Waals surface area contributed by atoms with Crippen LogP contribution in [0.3, 0.4) is 0 Å². The molecule has 0 fully saturated rings. The topological polar surface area (TPSA) is 101 Å². The minimum absolute atomic E-state index is 0.0130. The van der Waals surface area contributed by atoms with E-state index in [2.05, 4.69) is 0 Å². The highest BCUT2D eigenvalue weighted by Gasteiger charge is 2.33. The first kappa shape index (κ1) is 17.4.